The van der Waals surface area contributed by atoms with Gasteiger partial charge in [0.2, 0.25) is 5.89 Å². The largest absolute Gasteiger partial charge is 0.417 e. The van der Waals surface area contributed by atoms with Crippen LogP contribution in [0.1, 0.15) is 41.9 Å². The number of alkyl halides is 3. The summed E-state index contributed by atoms with van der Waals surface area (Å²) in [4.78, 5) is 11.8. The quantitative estimate of drug-likeness (QED) is 0.942. The molecule has 2 rings (SSSR count). The van der Waals surface area contributed by atoms with E-state index in [4.69, 9.17) is 4.42 Å². The number of nitrogens with zero attached hydrogens (tertiary/aromatic N) is 2. The summed E-state index contributed by atoms with van der Waals surface area (Å²) in [6.45, 7) is 3.65. The lowest BCUT2D eigenvalue weighted by molar-refractivity contribution is -0.137. The first-order chi connectivity index (χ1) is 9.77. The highest BCUT2D eigenvalue weighted by atomic mass is 19.4. The van der Waals surface area contributed by atoms with Crippen LogP contribution in [0.25, 0.3) is 0 Å². The SMILES string of the molecule is CC(C)c1nnc(C(=O)Nc2ccc(C(F)(F)F)cc2)o1. The molecule has 1 N–H and O–H groups in total. The summed E-state index contributed by atoms with van der Waals surface area (Å²) < 4.78 is 42.4. The molecule has 0 aliphatic heterocycles. The maximum atomic E-state index is 12.4. The number of carbonyl (C=O) groups is 1. The van der Waals surface area contributed by atoms with Crippen LogP contribution in [0.3, 0.4) is 0 Å². The number of nitrogens with one attached hydrogen (secondary N) is 1. The molecule has 0 bridgehead atoms. The van der Waals surface area contributed by atoms with Crippen molar-refractivity contribution < 1.29 is 22.4 Å². The number of anilines is 1. The number of rotatable bonds is 3. The van der Waals surface area contributed by atoms with Crippen molar-refractivity contribution in [3.8, 4) is 0 Å². The van der Waals surface area contributed by atoms with Crippen molar-refractivity contribution in [2.45, 2.75) is 25.9 Å². The molecule has 2 aromatic rings. The Morgan fingerprint density at radius 3 is 2.29 bits per heavy atom. The fourth-order valence-electron chi connectivity index (χ4n) is 1.49. The van der Waals surface area contributed by atoms with Crippen molar-refractivity contribution in [2.24, 2.45) is 0 Å². The van der Waals surface area contributed by atoms with Gasteiger partial charge in [0.1, 0.15) is 0 Å². The van der Waals surface area contributed by atoms with Crippen molar-refractivity contribution in [3.05, 3.63) is 41.6 Å². The number of hydrogen-bond acceptors (Lipinski definition) is 4. The second-order valence-electron chi connectivity index (χ2n) is 4.63. The van der Waals surface area contributed by atoms with Gasteiger partial charge in [-0.2, -0.15) is 13.2 Å². The zero-order valence-corrected chi connectivity index (χ0v) is 11.2. The molecule has 0 spiro atoms. The third-order valence-electron chi connectivity index (χ3n) is 2.60. The Morgan fingerprint density at radius 1 is 1.19 bits per heavy atom. The lowest BCUT2D eigenvalue weighted by atomic mass is 10.2. The van der Waals surface area contributed by atoms with E-state index in [1.165, 1.54) is 0 Å². The van der Waals surface area contributed by atoms with E-state index in [0.717, 1.165) is 24.3 Å². The Bertz CT molecular complexity index is 633. The van der Waals surface area contributed by atoms with E-state index in [1.54, 1.807) is 0 Å². The van der Waals surface area contributed by atoms with Gasteiger partial charge in [-0.05, 0) is 24.3 Å². The molecule has 0 aliphatic rings. The van der Waals surface area contributed by atoms with Gasteiger partial charge in [0.15, 0.2) is 0 Å². The summed E-state index contributed by atoms with van der Waals surface area (Å²) in [5.74, 6) is -0.620. The molecule has 0 saturated carbocycles. The van der Waals surface area contributed by atoms with Crippen LogP contribution in [0, 0.1) is 0 Å². The minimum Gasteiger partial charge on any atom is -0.417 e. The average molecular weight is 299 g/mol. The van der Waals surface area contributed by atoms with Crippen molar-refractivity contribution >= 4 is 11.6 Å². The number of amides is 1. The van der Waals surface area contributed by atoms with Gasteiger partial charge in [0.25, 0.3) is 0 Å². The second kappa shape index (κ2) is 5.55. The van der Waals surface area contributed by atoms with Gasteiger partial charge in [-0.3, -0.25) is 4.79 Å². The highest BCUT2D eigenvalue weighted by molar-refractivity contribution is 6.00. The summed E-state index contributed by atoms with van der Waals surface area (Å²) in [6, 6.07) is 4.06. The van der Waals surface area contributed by atoms with E-state index in [9.17, 15) is 18.0 Å². The van der Waals surface area contributed by atoms with Gasteiger partial charge in [-0.25, -0.2) is 0 Å². The maximum Gasteiger partial charge on any atom is 0.416 e. The number of carbonyl (C=O) groups excluding carboxylic acids is 1. The first-order valence-corrected chi connectivity index (χ1v) is 6.09. The normalized spacial score (nSPS) is 11.7. The molecule has 112 valence electrons. The van der Waals surface area contributed by atoms with Crippen molar-refractivity contribution in [2.75, 3.05) is 5.32 Å². The monoisotopic (exact) mass is 299 g/mol. The molecular weight excluding hydrogens is 287 g/mol. The van der Waals surface area contributed by atoms with E-state index in [-0.39, 0.29) is 17.5 Å². The highest BCUT2D eigenvalue weighted by Gasteiger charge is 2.30. The topological polar surface area (TPSA) is 68.0 Å². The summed E-state index contributed by atoms with van der Waals surface area (Å²) in [5, 5.41) is 9.67. The van der Waals surface area contributed by atoms with Crippen LogP contribution < -0.4 is 5.32 Å². The number of halogens is 3. The summed E-state index contributed by atoms with van der Waals surface area (Å²) in [6.07, 6.45) is -4.42. The second-order valence-corrected chi connectivity index (χ2v) is 4.63. The molecule has 0 saturated heterocycles. The van der Waals surface area contributed by atoms with Crippen LogP contribution in [-0.2, 0) is 6.18 Å². The standard InChI is InChI=1S/C13H12F3N3O2/c1-7(2)11-18-19-12(21-11)10(20)17-9-5-3-8(4-6-9)13(14,15)16/h3-7H,1-2H3,(H,17,20). The third-order valence-corrected chi connectivity index (χ3v) is 2.60. The molecule has 8 heteroatoms. The Hall–Kier alpha value is -2.38. The van der Waals surface area contributed by atoms with E-state index < -0.39 is 17.6 Å². The lowest BCUT2D eigenvalue weighted by Gasteiger charge is -2.07. The molecular formula is C13H12F3N3O2. The van der Waals surface area contributed by atoms with Gasteiger partial charge in [-0.15, -0.1) is 10.2 Å². The molecule has 0 unspecified atom stereocenters. The summed E-state index contributed by atoms with van der Waals surface area (Å²) in [5.41, 5.74) is -0.585. The fourth-order valence-corrected chi connectivity index (χ4v) is 1.49. The van der Waals surface area contributed by atoms with Crippen LogP contribution in [-0.4, -0.2) is 16.1 Å². The zero-order valence-electron chi connectivity index (χ0n) is 11.2. The fraction of sp³-hybridized carbons (Fsp3) is 0.308. The number of benzene rings is 1. The van der Waals surface area contributed by atoms with E-state index in [0.29, 0.717) is 5.89 Å². The zero-order chi connectivity index (χ0) is 15.6. The predicted molar refractivity (Wildman–Crippen MR) is 67.8 cm³/mol. The Morgan fingerprint density at radius 2 is 1.81 bits per heavy atom. The van der Waals surface area contributed by atoms with Crippen LogP contribution >= 0.6 is 0 Å². The van der Waals surface area contributed by atoms with Crippen molar-refractivity contribution in [1.82, 2.24) is 10.2 Å². The van der Waals surface area contributed by atoms with Crippen LogP contribution in [0.15, 0.2) is 28.7 Å². The summed E-state index contributed by atoms with van der Waals surface area (Å²) >= 11 is 0. The van der Waals surface area contributed by atoms with Crippen LogP contribution in [0.5, 0.6) is 0 Å². The lowest BCUT2D eigenvalue weighted by Crippen LogP contribution is -2.12. The van der Waals surface area contributed by atoms with E-state index >= 15 is 0 Å². The van der Waals surface area contributed by atoms with Gasteiger partial charge < -0.3 is 9.73 Å². The minimum absolute atomic E-state index is 0.0230. The van der Waals surface area contributed by atoms with Gasteiger partial charge >= 0.3 is 18.0 Å². The van der Waals surface area contributed by atoms with Crippen molar-refractivity contribution in [1.29, 1.82) is 0 Å². The highest BCUT2D eigenvalue weighted by Crippen LogP contribution is 2.29. The predicted octanol–water partition coefficient (Wildman–Crippen LogP) is 3.46. The molecule has 0 aliphatic carbocycles. The number of hydrogen-bond donors (Lipinski definition) is 1. The molecule has 1 aromatic heterocycles. The smallest absolute Gasteiger partial charge is 0.416 e. The minimum atomic E-state index is -4.42. The number of aromatic nitrogens is 2. The maximum absolute atomic E-state index is 12.4. The first kappa shape index (κ1) is 15.0. The van der Waals surface area contributed by atoms with Crippen molar-refractivity contribution in [3.63, 3.8) is 0 Å². The molecule has 1 amide bonds. The summed E-state index contributed by atoms with van der Waals surface area (Å²) in [7, 11) is 0. The van der Waals surface area contributed by atoms with E-state index in [2.05, 4.69) is 15.5 Å². The molecule has 5 nitrogen and oxygen atoms in total. The molecule has 1 aromatic carbocycles. The van der Waals surface area contributed by atoms with Gasteiger partial charge in [0.05, 0.1) is 5.56 Å². The van der Waals surface area contributed by atoms with Gasteiger partial charge in [0, 0.05) is 11.6 Å². The Kier molecular flexibility index (Phi) is 3.97. The van der Waals surface area contributed by atoms with Crippen LogP contribution in [0.4, 0.5) is 18.9 Å². The van der Waals surface area contributed by atoms with Gasteiger partial charge in [-0.1, -0.05) is 13.8 Å². The molecule has 0 atom stereocenters. The molecule has 1 heterocycles. The average Bonchev–Trinajstić information content (AvgIpc) is 2.88. The molecule has 21 heavy (non-hydrogen) atoms. The Balaban J connectivity index is 2.08. The molecule has 0 radical (unpaired) electrons. The first-order valence-electron chi connectivity index (χ1n) is 6.09. The molecule has 0 fully saturated rings. The van der Waals surface area contributed by atoms with E-state index in [1.807, 2.05) is 13.8 Å². The van der Waals surface area contributed by atoms with Crippen LogP contribution in [0.2, 0.25) is 0 Å². The Labute approximate surface area is 118 Å². The third kappa shape index (κ3) is 3.59.